The second-order valence-electron chi connectivity index (χ2n) is 11.4. The molecule has 10 nitrogen and oxygen atoms in total. The molecule has 0 amide bonds. The Morgan fingerprint density at radius 1 is 0.875 bits per heavy atom. The summed E-state index contributed by atoms with van der Waals surface area (Å²) in [5.74, 6) is -0.368. The van der Waals surface area contributed by atoms with Crippen LogP contribution < -0.4 is 5.73 Å². The van der Waals surface area contributed by atoms with Crippen molar-refractivity contribution in [3.05, 3.63) is 12.5 Å². The fourth-order valence-corrected chi connectivity index (χ4v) is 4.54. The van der Waals surface area contributed by atoms with Crippen LogP contribution in [-0.4, -0.2) is 73.7 Å². The number of aliphatic hydroxyl groups excluding tert-OH is 1. The molecule has 3 atom stereocenters. The second kappa shape index (κ2) is 24.6. The highest BCUT2D eigenvalue weighted by Crippen LogP contribution is 2.43. The molecule has 0 aliphatic heterocycles. The van der Waals surface area contributed by atoms with Crippen LogP contribution in [0.15, 0.2) is 12.5 Å². The van der Waals surface area contributed by atoms with Crippen LogP contribution in [0.2, 0.25) is 0 Å². The number of carbonyl (C=O) groups excluding carboxylic acids is 1. The van der Waals surface area contributed by atoms with E-state index in [-0.39, 0.29) is 12.6 Å². The number of rotatable bonds is 28. The van der Waals surface area contributed by atoms with Gasteiger partial charge in [-0.2, -0.15) is 0 Å². The van der Waals surface area contributed by atoms with Crippen molar-refractivity contribution in [1.29, 1.82) is 0 Å². The molecule has 0 bridgehead atoms. The Morgan fingerprint density at radius 3 is 1.98 bits per heavy atom. The molecule has 0 radical (unpaired) electrons. The highest BCUT2D eigenvalue weighted by molar-refractivity contribution is 7.47. The minimum absolute atomic E-state index is 0.203. The first kappa shape index (κ1) is 39.0. The fourth-order valence-electron chi connectivity index (χ4n) is 3.92. The molecule has 238 valence electrons. The van der Waals surface area contributed by atoms with Gasteiger partial charge in [-0.25, -0.2) is 4.57 Å². The third kappa shape index (κ3) is 27.2. The highest BCUT2D eigenvalue weighted by Gasteiger charge is 2.26. The van der Waals surface area contributed by atoms with E-state index in [2.05, 4.69) is 6.92 Å². The van der Waals surface area contributed by atoms with E-state index in [4.69, 9.17) is 24.3 Å². The summed E-state index contributed by atoms with van der Waals surface area (Å²) < 4.78 is 33.4. The summed E-state index contributed by atoms with van der Waals surface area (Å²) in [5.41, 5.74) is 5.50. The molecule has 2 unspecified atom stereocenters. The van der Waals surface area contributed by atoms with Crippen LogP contribution in [-0.2, 0) is 27.9 Å². The summed E-state index contributed by atoms with van der Waals surface area (Å²) in [7, 11) is 1.15. The number of unbranched alkanes of at least 4 members (excludes halogenated alkanes) is 13. The highest BCUT2D eigenvalue weighted by atomic mass is 31.2. The zero-order valence-electron chi connectivity index (χ0n) is 25.8. The number of nitrogens with two attached hydrogens (primary N) is 1. The lowest BCUT2D eigenvalue weighted by atomic mass is 10.0. The smallest absolute Gasteiger partial charge is 0.463 e. The number of phosphoric ester groups is 1. The Hall–Kier alpha value is -1.00. The number of hydrogen-bond donors (Lipinski definition) is 3. The van der Waals surface area contributed by atoms with E-state index in [1.807, 2.05) is 21.1 Å². The average molecular weight is 596 g/mol. The van der Waals surface area contributed by atoms with Gasteiger partial charge in [-0.3, -0.25) is 14.2 Å². The summed E-state index contributed by atoms with van der Waals surface area (Å²) in [6.07, 6.45) is 18.2. The average Bonchev–Trinajstić information content (AvgIpc) is 2.88. The van der Waals surface area contributed by atoms with E-state index in [1.54, 1.807) is 6.20 Å². The Balaban J connectivity index is 4.39. The molecule has 0 aromatic heterocycles. The predicted octanol–water partition coefficient (Wildman–Crippen LogP) is 6.15. The molecule has 0 spiro atoms. The quantitative estimate of drug-likeness (QED) is 0.0243. The van der Waals surface area contributed by atoms with Crippen LogP contribution in [0.1, 0.15) is 116 Å². The normalized spacial score (nSPS) is 15.2. The molecule has 0 rings (SSSR count). The first-order chi connectivity index (χ1) is 19.0. The summed E-state index contributed by atoms with van der Waals surface area (Å²) in [6, 6.07) is 0. The molecule has 0 heterocycles. The van der Waals surface area contributed by atoms with Crippen LogP contribution in [0, 0.1) is 0 Å². The van der Waals surface area contributed by atoms with Crippen molar-refractivity contribution in [1.82, 2.24) is 0 Å². The maximum atomic E-state index is 12.3. The number of hydrogen-bond acceptors (Lipinski definition) is 8. The maximum Gasteiger partial charge on any atom is 0.527 e. The second-order valence-corrected chi connectivity index (χ2v) is 12.9. The van der Waals surface area contributed by atoms with Gasteiger partial charge in [0.05, 0.1) is 27.7 Å². The number of nitrogens with zero attached hydrogens (tertiary/aromatic N) is 1. The van der Waals surface area contributed by atoms with E-state index in [0.717, 1.165) is 38.4 Å². The van der Waals surface area contributed by atoms with Crippen molar-refractivity contribution in [3.63, 3.8) is 0 Å². The summed E-state index contributed by atoms with van der Waals surface area (Å²) in [6.45, 7) is 2.22. The standard InChI is InChI=1S/C29H59N2O8P/c1-5-6-7-8-9-10-11-12-13-14-15-17-20-28(32)36-25-27(39-29(33)21-18-16-19-22-30)26-38-40(34,35)37-24-23-31(2,3)4/h23-24,27,29,33H,5-22,25-26,30H2,1-4H3/p+1/b24-23+/t27-,29?/m1/s1. The molecule has 11 heteroatoms. The molecule has 0 fully saturated rings. The molecule has 40 heavy (non-hydrogen) atoms. The summed E-state index contributed by atoms with van der Waals surface area (Å²) in [4.78, 5) is 22.2. The number of aliphatic hydroxyl groups is 1. The minimum atomic E-state index is -4.41. The van der Waals surface area contributed by atoms with Crippen LogP contribution in [0.4, 0.5) is 0 Å². The molecule has 0 saturated heterocycles. The molecule has 0 saturated carbocycles. The lowest BCUT2D eigenvalue weighted by Crippen LogP contribution is -2.31. The van der Waals surface area contributed by atoms with Crippen molar-refractivity contribution < 1.29 is 42.4 Å². The van der Waals surface area contributed by atoms with Gasteiger partial charge in [0.2, 0.25) is 0 Å². The van der Waals surface area contributed by atoms with Crippen LogP contribution >= 0.6 is 7.82 Å². The van der Waals surface area contributed by atoms with Crippen LogP contribution in [0.5, 0.6) is 0 Å². The third-order valence-corrected chi connectivity index (χ3v) is 7.16. The third-order valence-electron chi connectivity index (χ3n) is 6.30. The van der Waals surface area contributed by atoms with Gasteiger partial charge >= 0.3 is 13.8 Å². The lowest BCUT2D eigenvalue weighted by Gasteiger charge is -2.22. The van der Waals surface area contributed by atoms with Crippen molar-refractivity contribution in [2.24, 2.45) is 5.73 Å². The Kier molecular flexibility index (Phi) is 24.0. The molecular weight excluding hydrogens is 535 g/mol. The monoisotopic (exact) mass is 595 g/mol. The van der Waals surface area contributed by atoms with Crippen LogP contribution in [0.3, 0.4) is 0 Å². The van der Waals surface area contributed by atoms with Gasteiger partial charge in [-0.05, 0) is 32.2 Å². The van der Waals surface area contributed by atoms with Crippen LogP contribution in [0.25, 0.3) is 0 Å². The zero-order chi connectivity index (χ0) is 30.1. The first-order valence-corrected chi connectivity index (χ1v) is 16.8. The van der Waals surface area contributed by atoms with E-state index in [0.29, 0.717) is 30.3 Å². The van der Waals surface area contributed by atoms with E-state index in [1.165, 1.54) is 57.8 Å². The summed E-state index contributed by atoms with van der Waals surface area (Å²) in [5, 5.41) is 10.2. The van der Waals surface area contributed by atoms with Gasteiger partial charge < -0.3 is 29.3 Å². The van der Waals surface area contributed by atoms with E-state index >= 15 is 0 Å². The van der Waals surface area contributed by atoms with Crippen molar-refractivity contribution in [3.8, 4) is 0 Å². The van der Waals surface area contributed by atoms with E-state index < -0.39 is 26.8 Å². The molecule has 0 aliphatic carbocycles. The van der Waals surface area contributed by atoms with Gasteiger partial charge in [0.15, 0.2) is 6.29 Å². The van der Waals surface area contributed by atoms with Crippen molar-refractivity contribution in [2.75, 3.05) is 40.9 Å². The molecule has 0 aromatic carbocycles. The number of carbonyl (C=O) groups is 1. The van der Waals surface area contributed by atoms with Gasteiger partial charge in [0, 0.05) is 6.42 Å². The molecular formula is C29H60N2O8P+. The van der Waals surface area contributed by atoms with Gasteiger partial charge in [-0.15, -0.1) is 0 Å². The SMILES string of the molecule is CCCCCCCCCCCCCCC(=O)OC[C@H](COP(=O)(O)O/C=C/[N+](C)(C)C)OC(O)CCCCCN. The number of esters is 1. The van der Waals surface area contributed by atoms with Gasteiger partial charge in [0.1, 0.15) is 25.2 Å². The Labute approximate surface area is 243 Å². The number of ether oxygens (including phenoxy) is 2. The molecule has 0 aliphatic rings. The van der Waals surface area contributed by atoms with Crippen molar-refractivity contribution >= 4 is 13.8 Å². The molecule has 0 aromatic rings. The van der Waals surface area contributed by atoms with E-state index in [9.17, 15) is 19.4 Å². The Morgan fingerprint density at radius 2 is 1.43 bits per heavy atom. The number of phosphoric acid groups is 1. The first-order valence-electron chi connectivity index (χ1n) is 15.3. The predicted molar refractivity (Wildman–Crippen MR) is 159 cm³/mol. The Bertz CT molecular complexity index is 687. The van der Waals surface area contributed by atoms with Crippen molar-refractivity contribution in [2.45, 2.75) is 128 Å². The minimum Gasteiger partial charge on any atom is -0.463 e. The topological polar surface area (TPSA) is 138 Å². The van der Waals surface area contributed by atoms with Gasteiger partial charge in [0.25, 0.3) is 0 Å². The molecule has 4 N–H and O–H groups in total. The zero-order valence-corrected chi connectivity index (χ0v) is 26.7. The largest absolute Gasteiger partial charge is 0.527 e. The fraction of sp³-hybridized carbons (Fsp3) is 0.897. The number of quaternary nitrogens is 1. The lowest BCUT2D eigenvalue weighted by molar-refractivity contribution is -0.817. The maximum absolute atomic E-state index is 12.3. The summed E-state index contributed by atoms with van der Waals surface area (Å²) >= 11 is 0. The van der Waals surface area contributed by atoms with Gasteiger partial charge in [-0.1, -0.05) is 84.0 Å².